The summed E-state index contributed by atoms with van der Waals surface area (Å²) >= 11 is 0. The zero-order valence-electron chi connectivity index (χ0n) is 7.08. The van der Waals surface area contributed by atoms with Crippen molar-refractivity contribution in [2.75, 3.05) is 0 Å². The minimum absolute atomic E-state index is 0.451. The van der Waals surface area contributed by atoms with E-state index < -0.39 is 0 Å². The highest BCUT2D eigenvalue weighted by molar-refractivity contribution is 5.86. The molecule has 0 aromatic rings. The molecule has 64 valence electrons. The van der Waals surface area contributed by atoms with E-state index in [9.17, 15) is 0 Å². The molecule has 12 heavy (non-hydrogen) atoms. The molecule has 0 aromatic heterocycles. The zero-order chi connectivity index (χ0) is 8.39. The van der Waals surface area contributed by atoms with Gasteiger partial charge < -0.3 is 5.32 Å². The molecule has 0 amide bonds. The van der Waals surface area contributed by atoms with Crippen molar-refractivity contribution >= 4 is 5.84 Å². The van der Waals surface area contributed by atoms with Crippen LogP contribution in [0.3, 0.4) is 0 Å². The van der Waals surface area contributed by atoms with Crippen LogP contribution in [-0.4, -0.2) is 17.9 Å². The largest absolute Gasteiger partial charge is 0.368 e. The van der Waals surface area contributed by atoms with Crippen LogP contribution in [-0.2, 0) is 0 Å². The van der Waals surface area contributed by atoms with Crippen molar-refractivity contribution in [2.24, 2.45) is 4.99 Å². The number of hydrogen-bond donors (Lipinski definition) is 1. The van der Waals surface area contributed by atoms with Gasteiger partial charge in [0, 0.05) is 6.04 Å². The highest BCUT2D eigenvalue weighted by atomic mass is 15.1. The maximum absolute atomic E-state index is 8.49. The number of nitrogens with zero attached hydrogens (tertiary/aromatic N) is 2. The van der Waals surface area contributed by atoms with E-state index in [1.165, 1.54) is 25.7 Å². The molecule has 2 aliphatic rings. The van der Waals surface area contributed by atoms with Gasteiger partial charge in [0.1, 0.15) is 5.84 Å². The van der Waals surface area contributed by atoms with Gasteiger partial charge in [0.2, 0.25) is 0 Å². The van der Waals surface area contributed by atoms with Crippen LogP contribution in [0.4, 0.5) is 0 Å². The van der Waals surface area contributed by atoms with Gasteiger partial charge in [0.05, 0.1) is 18.5 Å². The summed E-state index contributed by atoms with van der Waals surface area (Å²) < 4.78 is 0. The first-order valence-corrected chi connectivity index (χ1v) is 4.60. The number of nitrogens with one attached hydrogen (secondary N) is 1. The maximum Gasteiger partial charge on any atom is 0.111 e. The molecule has 1 saturated carbocycles. The quantitative estimate of drug-likeness (QED) is 0.631. The number of rotatable bonds is 1. The van der Waals surface area contributed by atoms with Crippen LogP contribution in [0.5, 0.6) is 0 Å². The lowest BCUT2D eigenvalue weighted by Gasteiger charge is -2.23. The van der Waals surface area contributed by atoms with Crippen molar-refractivity contribution in [1.29, 1.82) is 5.26 Å². The molecule has 0 spiro atoms. The third-order valence-corrected chi connectivity index (χ3v) is 2.65. The third-order valence-electron chi connectivity index (χ3n) is 2.65. The summed E-state index contributed by atoms with van der Waals surface area (Å²) in [6, 6.07) is 3.14. The molecule has 0 saturated heterocycles. The van der Waals surface area contributed by atoms with Crippen LogP contribution in [0.2, 0.25) is 0 Å². The molecule has 0 radical (unpaired) electrons. The van der Waals surface area contributed by atoms with Crippen LogP contribution in [0.25, 0.3) is 0 Å². The number of hydrogen-bond acceptors (Lipinski definition) is 3. The second-order valence-corrected chi connectivity index (χ2v) is 3.51. The second-order valence-electron chi connectivity index (χ2n) is 3.51. The lowest BCUT2D eigenvalue weighted by molar-refractivity contribution is 0.384. The van der Waals surface area contributed by atoms with E-state index in [-0.39, 0.29) is 0 Å². The highest BCUT2D eigenvalue weighted by Crippen LogP contribution is 2.24. The Labute approximate surface area is 72.5 Å². The Kier molecular flexibility index (Phi) is 1.99. The zero-order valence-corrected chi connectivity index (χ0v) is 7.08. The Bertz CT molecular complexity index is 239. The highest BCUT2D eigenvalue weighted by Gasteiger charge is 2.30. The van der Waals surface area contributed by atoms with Crippen LogP contribution in [0.1, 0.15) is 32.1 Å². The maximum atomic E-state index is 8.49. The average molecular weight is 163 g/mol. The summed E-state index contributed by atoms with van der Waals surface area (Å²) in [5, 5.41) is 11.8. The van der Waals surface area contributed by atoms with Gasteiger partial charge >= 0.3 is 0 Å². The summed E-state index contributed by atoms with van der Waals surface area (Å²) in [6.45, 7) is 0. The van der Waals surface area contributed by atoms with E-state index in [2.05, 4.69) is 16.4 Å². The van der Waals surface area contributed by atoms with Crippen LogP contribution in [0, 0.1) is 11.3 Å². The van der Waals surface area contributed by atoms with Crippen molar-refractivity contribution in [3.05, 3.63) is 0 Å². The molecule has 0 bridgehead atoms. The smallest absolute Gasteiger partial charge is 0.111 e. The summed E-state index contributed by atoms with van der Waals surface area (Å²) in [7, 11) is 0. The van der Waals surface area contributed by atoms with Crippen molar-refractivity contribution in [1.82, 2.24) is 5.32 Å². The molecule has 0 unspecified atom stereocenters. The first-order chi connectivity index (χ1) is 5.90. The molecule has 2 rings (SSSR count). The second kappa shape index (κ2) is 3.14. The molecule has 3 nitrogen and oxygen atoms in total. The summed E-state index contributed by atoms with van der Waals surface area (Å²) in [4.78, 5) is 4.48. The predicted molar refractivity (Wildman–Crippen MR) is 46.8 cm³/mol. The molecule has 1 N–H and O–H groups in total. The Morgan fingerprint density at radius 2 is 2.33 bits per heavy atom. The van der Waals surface area contributed by atoms with E-state index >= 15 is 0 Å². The molecular weight excluding hydrogens is 150 g/mol. The molecule has 1 aliphatic heterocycles. The fourth-order valence-electron chi connectivity index (χ4n) is 2.06. The van der Waals surface area contributed by atoms with E-state index in [0.29, 0.717) is 18.5 Å². The average Bonchev–Trinajstić information content (AvgIpc) is 2.47. The Morgan fingerprint density at radius 1 is 1.50 bits per heavy atom. The predicted octanol–water partition coefficient (Wildman–Crippen LogP) is 1.21. The van der Waals surface area contributed by atoms with Gasteiger partial charge in [-0.05, 0) is 12.8 Å². The van der Waals surface area contributed by atoms with Gasteiger partial charge in [-0.3, -0.25) is 4.99 Å². The molecule has 1 heterocycles. The number of nitriles is 1. The first-order valence-electron chi connectivity index (χ1n) is 4.60. The van der Waals surface area contributed by atoms with Gasteiger partial charge in [0.25, 0.3) is 0 Å². The van der Waals surface area contributed by atoms with Crippen molar-refractivity contribution in [3.63, 3.8) is 0 Å². The Morgan fingerprint density at radius 3 is 3.08 bits per heavy atom. The van der Waals surface area contributed by atoms with E-state index in [0.717, 1.165) is 5.84 Å². The molecule has 1 aliphatic carbocycles. The molecule has 3 heteroatoms. The summed E-state index contributed by atoms with van der Waals surface area (Å²) in [6.07, 6.45) is 5.48. The fraction of sp³-hybridized carbons (Fsp3) is 0.778. The lowest BCUT2D eigenvalue weighted by atomic mass is 9.92. The SMILES string of the molecule is N#CCC1=N[C@@H]2CCCC[C@H]2N1. The van der Waals surface area contributed by atoms with Crippen molar-refractivity contribution in [3.8, 4) is 6.07 Å². The fourth-order valence-corrected chi connectivity index (χ4v) is 2.06. The molecule has 2 atom stereocenters. The van der Waals surface area contributed by atoms with E-state index in [4.69, 9.17) is 5.26 Å². The van der Waals surface area contributed by atoms with E-state index in [1.54, 1.807) is 0 Å². The minimum atomic E-state index is 0.451. The van der Waals surface area contributed by atoms with Crippen LogP contribution >= 0.6 is 0 Å². The van der Waals surface area contributed by atoms with Crippen LogP contribution in [0.15, 0.2) is 4.99 Å². The standard InChI is InChI=1S/C9H13N3/c10-6-5-9-11-7-3-1-2-4-8(7)12-9/h7-8H,1-5H2,(H,11,12)/t7-,8-/m1/s1. The van der Waals surface area contributed by atoms with Gasteiger partial charge in [-0.2, -0.15) is 5.26 Å². The minimum Gasteiger partial charge on any atom is -0.368 e. The monoisotopic (exact) mass is 163 g/mol. The van der Waals surface area contributed by atoms with Crippen molar-refractivity contribution < 1.29 is 0 Å². The lowest BCUT2D eigenvalue weighted by Crippen LogP contribution is -2.36. The Hall–Kier alpha value is -1.04. The number of fused-ring (bicyclic) bond motifs is 1. The molecular formula is C9H13N3. The molecule has 1 fully saturated rings. The van der Waals surface area contributed by atoms with Gasteiger partial charge in [-0.1, -0.05) is 12.8 Å². The number of aliphatic imine (C=N–C) groups is 1. The molecule has 0 aromatic carbocycles. The number of amidine groups is 1. The van der Waals surface area contributed by atoms with Crippen LogP contribution < -0.4 is 5.32 Å². The summed E-state index contributed by atoms with van der Waals surface area (Å²) in [5.41, 5.74) is 0. The normalized spacial score (nSPS) is 33.1. The van der Waals surface area contributed by atoms with Gasteiger partial charge in [-0.25, -0.2) is 0 Å². The van der Waals surface area contributed by atoms with Gasteiger partial charge in [0.15, 0.2) is 0 Å². The first kappa shape index (κ1) is 7.60. The van der Waals surface area contributed by atoms with Gasteiger partial charge in [-0.15, -0.1) is 0 Å². The van der Waals surface area contributed by atoms with Crippen molar-refractivity contribution in [2.45, 2.75) is 44.2 Å². The topological polar surface area (TPSA) is 48.2 Å². The Balaban J connectivity index is 2.00. The summed E-state index contributed by atoms with van der Waals surface area (Å²) in [5.74, 6) is 0.911. The van der Waals surface area contributed by atoms with E-state index in [1.807, 2.05) is 0 Å². The third kappa shape index (κ3) is 1.29.